The average Bonchev–Trinajstić information content (AvgIpc) is 1.69. The zero-order valence-corrected chi connectivity index (χ0v) is 5.05. The van der Waals surface area contributed by atoms with Gasteiger partial charge in [0.25, 0.3) is 0 Å². The van der Waals surface area contributed by atoms with Gasteiger partial charge in [0.2, 0.25) is 0 Å². The van der Waals surface area contributed by atoms with Crippen molar-refractivity contribution < 1.29 is 14.6 Å². The number of ether oxygens (including phenoxy) is 1. The molecule has 0 saturated carbocycles. The lowest BCUT2D eigenvalue weighted by Gasteiger charge is -2.04. The van der Waals surface area contributed by atoms with E-state index < -0.39 is 12.1 Å². The minimum absolute atomic E-state index is 0.520. The van der Waals surface area contributed by atoms with Crippen LogP contribution in [0.25, 0.3) is 0 Å². The van der Waals surface area contributed by atoms with Gasteiger partial charge in [-0.05, 0) is 6.42 Å². The highest BCUT2D eigenvalue weighted by Gasteiger charge is 2.11. The molecule has 0 rings (SSSR count). The van der Waals surface area contributed by atoms with Gasteiger partial charge in [-0.25, -0.2) is 4.79 Å². The van der Waals surface area contributed by atoms with E-state index in [1.165, 1.54) is 7.11 Å². The Labute approximate surface area is 48.3 Å². The lowest BCUT2D eigenvalue weighted by atomic mass is 10.3. The van der Waals surface area contributed by atoms with Gasteiger partial charge < -0.3 is 9.84 Å². The van der Waals surface area contributed by atoms with E-state index in [0.29, 0.717) is 6.42 Å². The number of hydrogen-bond acceptors (Lipinski definition) is 2. The van der Waals surface area contributed by atoms with Crippen molar-refractivity contribution in [2.45, 2.75) is 19.4 Å². The van der Waals surface area contributed by atoms with Crippen molar-refractivity contribution in [2.75, 3.05) is 7.11 Å². The molecule has 8 heavy (non-hydrogen) atoms. The molecule has 0 spiro atoms. The van der Waals surface area contributed by atoms with Crippen LogP contribution in [0.4, 0.5) is 0 Å². The summed E-state index contributed by atoms with van der Waals surface area (Å²) in [4.78, 5) is 10.0. The van der Waals surface area contributed by atoms with Crippen molar-refractivity contribution in [3.63, 3.8) is 0 Å². The van der Waals surface area contributed by atoms with Crippen molar-refractivity contribution in [1.29, 1.82) is 0 Å². The molecule has 0 amide bonds. The highest BCUT2D eigenvalue weighted by Crippen LogP contribution is 1.93. The molecule has 1 N–H and O–H groups in total. The average molecular weight is 118 g/mol. The smallest absolute Gasteiger partial charge is 0.332 e. The molecule has 0 saturated heterocycles. The van der Waals surface area contributed by atoms with Crippen LogP contribution in [-0.4, -0.2) is 24.3 Å². The molecule has 0 bridgehead atoms. The number of hydrogen-bond donors (Lipinski definition) is 1. The summed E-state index contributed by atoms with van der Waals surface area (Å²) in [6.07, 6.45) is -0.110. The lowest BCUT2D eigenvalue weighted by Crippen LogP contribution is -2.20. The molecule has 48 valence electrons. The van der Waals surface area contributed by atoms with Crippen molar-refractivity contribution in [3.8, 4) is 0 Å². The molecule has 0 aromatic rings. The molecule has 3 heteroatoms. The first-order chi connectivity index (χ1) is 3.72. The van der Waals surface area contributed by atoms with E-state index >= 15 is 0 Å². The zero-order valence-electron chi connectivity index (χ0n) is 5.05. The first kappa shape index (κ1) is 7.43. The van der Waals surface area contributed by atoms with Gasteiger partial charge in [-0.1, -0.05) is 6.92 Å². The van der Waals surface area contributed by atoms with Crippen LogP contribution in [0, 0.1) is 0 Å². The monoisotopic (exact) mass is 118 g/mol. The fourth-order valence-electron chi connectivity index (χ4n) is 0.442. The number of carboxylic acids is 1. The van der Waals surface area contributed by atoms with Crippen molar-refractivity contribution in [1.82, 2.24) is 0 Å². The maximum absolute atomic E-state index is 10.0. The SMILES string of the molecule is CCC(OC)C(=O)O. The topological polar surface area (TPSA) is 46.5 Å². The van der Waals surface area contributed by atoms with E-state index in [0.717, 1.165) is 0 Å². The minimum atomic E-state index is -0.894. The highest BCUT2D eigenvalue weighted by atomic mass is 16.5. The molecule has 1 atom stereocenters. The first-order valence-electron chi connectivity index (χ1n) is 2.48. The summed E-state index contributed by atoms with van der Waals surface area (Å²) < 4.78 is 4.56. The van der Waals surface area contributed by atoms with Crippen LogP contribution in [-0.2, 0) is 9.53 Å². The Bertz CT molecular complexity index is 75.7. The third-order valence-corrected chi connectivity index (χ3v) is 0.931. The number of carboxylic acid groups (broad SMARTS) is 1. The van der Waals surface area contributed by atoms with E-state index in [4.69, 9.17) is 5.11 Å². The summed E-state index contributed by atoms with van der Waals surface area (Å²) in [7, 11) is 1.39. The van der Waals surface area contributed by atoms with Crippen LogP contribution in [0.5, 0.6) is 0 Å². The van der Waals surface area contributed by atoms with Crippen molar-refractivity contribution >= 4 is 5.97 Å². The van der Waals surface area contributed by atoms with Crippen molar-refractivity contribution in [2.24, 2.45) is 0 Å². The molecule has 0 aromatic heterocycles. The summed E-state index contributed by atoms with van der Waals surface area (Å²) in [5.74, 6) is -0.894. The summed E-state index contributed by atoms with van der Waals surface area (Å²) in [5, 5.41) is 8.25. The van der Waals surface area contributed by atoms with E-state index in [1.54, 1.807) is 6.92 Å². The van der Waals surface area contributed by atoms with E-state index in [2.05, 4.69) is 4.74 Å². The summed E-state index contributed by atoms with van der Waals surface area (Å²) in [6, 6.07) is 0. The predicted molar refractivity (Wildman–Crippen MR) is 28.7 cm³/mol. The molecule has 0 radical (unpaired) electrons. The van der Waals surface area contributed by atoms with Gasteiger partial charge in [-0.2, -0.15) is 0 Å². The Morgan fingerprint density at radius 1 is 1.88 bits per heavy atom. The fraction of sp³-hybridized carbons (Fsp3) is 0.800. The number of carbonyl (C=O) groups is 1. The van der Waals surface area contributed by atoms with E-state index in [9.17, 15) is 4.79 Å². The first-order valence-corrected chi connectivity index (χ1v) is 2.48. The van der Waals surface area contributed by atoms with Crippen LogP contribution in [0.2, 0.25) is 0 Å². The molecule has 0 heterocycles. The molecule has 0 aromatic carbocycles. The Kier molecular flexibility index (Phi) is 3.19. The second-order valence-corrected chi connectivity index (χ2v) is 1.47. The normalized spacial score (nSPS) is 13.2. The number of methoxy groups -OCH3 is 1. The van der Waals surface area contributed by atoms with Gasteiger partial charge >= 0.3 is 5.97 Å². The Hall–Kier alpha value is -0.570. The molecule has 1 unspecified atom stereocenters. The van der Waals surface area contributed by atoms with Gasteiger partial charge in [0, 0.05) is 7.11 Å². The number of aliphatic carboxylic acids is 1. The van der Waals surface area contributed by atoms with E-state index in [-0.39, 0.29) is 0 Å². The molecule has 3 nitrogen and oxygen atoms in total. The molecular formula is C5H10O3. The Morgan fingerprint density at radius 3 is 2.38 bits per heavy atom. The second kappa shape index (κ2) is 3.43. The third-order valence-electron chi connectivity index (χ3n) is 0.931. The molecule has 0 fully saturated rings. The van der Waals surface area contributed by atoms with Gasteiger partial charge in [0.15, 0.2) is 6.10 Å². The second-order valence-electron chi connectivity index (χ2n) is 1.47. The van der Waals surface area contributed by atoms with Crippen LogP contribution in [0.15, 0.2) is 0 Å². The zero-order chi connectivity index (χ0) is 6.57. The lowest BCUT2D eigenvalue weighted by molar-refractivity contribution is -0.148. The minimum Gasteiger partial charge on any atom is -0.479 e. The Balaban J connectivity index is 3.52. The highest BCUT2D eigenvalue weighted by molar-refractivity contribution is 5.72. The molecule has 0 aliphatic heterocycles. The predicted octanol–water partition coefficient (Wildman–Crippen LogP) is 0.496. The summed E-state index contributed by atoms with van der Waals surface area (Å²) in [5.41, 5.74) is 0. The molecular weight excluding hydrogens is 108 g/mol. The van der Waals surface area contributed by atoms with Gasteiger partial charge in [-0.3, -0.25) is 0 Å². The fourth-order valence-corrected chi connectivity index (χ4v) is 0.442. The van der Waals surface area contributed by atoms with E-state index in [1.807, 2.05) is 0 Å². The summed E-state index contributed by atoms with van der Waals surface area (Å²) >= 11 is 0. The van der Waals surface area contributed by atoms with Crippen LogP contribution in [0.1, 0.15) is 13.3 Å². The van der Waals surface area contributed by atoms with Gasteiger partial charge in [0.1, 0.15) is 0 Å². The standard InChI is InChI=1S/C5H10O3/c1-3-4(8-2)5(6)7/h4H,3H2,1-2H3,(H,6,7). The third kappa shape index (κ3) is 1.93. The Morgan fingerprint density at radius 2 is 2.38 bits per heavy atom. The van der Waals surface area contributed by atoms with Gasteiger partial charge in [-0.15, -0.1) is 0 Å². The molecule has 0 aliphatic carbocycles. The van der Waals surface area contributed by atoms with Crippen molar-refractivity contribution in [3.05, 3.63) is 0 Å². The van der Waals surface area contributed by atoms with Gasteiger partial charge in [0.05, 0.1) is 0 Å². The maximum Gasteiger partial charge on any atom is 0.332 e. The van der Waals surface area contributed by atoms with Crippen LogP contribution < -0.4 is 0 Å². The quantitative estimate of drug-likeness (QED) is 0.586. The van der Waals surface area contributed by atoms with Crippen LogP contribution >= 0.6 is 0 Å². The largest absolute Gasteiger partial charge is 0.479 e. The van der Waals surface area contributed by atoms with Crippen LogP contribution in [0.3, 0.4) is 0 Å². The molecule has 0 aliphatic rings. The maximum atomic E-state index is 10.0. The number of rotatable bonds is 3. The summed E-state index contributed by atoms with van der Waals surface area (Å²) in [6.45, 7) is 1.77.